The molecular weight excluding hydrogens is 372 g/mol. The van der Waals surface area contributed by atoms with Crippen molar-refractivity contribution < 1.29 is 0 Å². The van der Waals surface area contributed by atoms with Crippen molar-refractivity contribution in [3.05, 3.63) is 61.0 Å². The monoisotopic (exact) mass is 384 g/mol. The number of H-pyrrole nitrogens is 1. The van der Waals surface area contributed by atoms with E-state index in [0.29, 0.717) is 11.5 Å². The molecule has 0 saturated heterocycles. The molecule has 0 radical (unpaired) electrons. The first kappa shape index (κ1) is 16.0. The Hall–Kier alpha value is -2.85. The number of hydrogen-bond donors (Lipinski definition) is 1. The van der Waals surface area contributed by atoms with Crippen LogP contribution in [-0.2, 0) is 13.6 Å². The Morgan fingerprint density at radius 1 is 1.38 bits per heavy atom. The van der Waals surface area contributed by atoms with E-state index in [1.54, 1.807) is 13.1 Å². The van der Waals surface area contributed by atoms with Crippen LogP contribution in [0.5, 0.6) is 0 Å². The molecule has 2 heterocycles. The molecule has 24 heavy (non-hydrogen) atoms. The minimum Gasteiger partial charge on any atom is -0.333 e. The number of rotatable bonds is 3. The van der Waals surface area contributed by atoms with E-state index in [-0.39, 0.29) is 12.1 Å². The van der Waals surface area contributed by atoms with Crippen molar-refractivity contribution in [3.63, 3.8) is 0 Å². The molecule has 3 rings (SSSR count). The third kappa shape index (κ3) is 2.84. The molecule has 0 aliphatic heterocycles. The maximum absolute atomic E-state index is 12.4. The SMILES string of the molecule is C#CCn1c(=O)c2[nH]c(/C=C/c3cccc(Br)c3)nc2n(C)c1=O. The molecular formula is C17H13BrN4O2. The highest BCUT2D eigenvalue weighted by atomic mass is 79.9. The van der Waals surface area contributed by atoms with Crippen LogP contribution in [0, 0.1) is 12.3 Å². The standard InChI is InChI=1S/C17H13BrN4O2/c1-3-9-22-16(23)14-15(21(2)17(22)24)20-13(19-14)8-7-11-5-4-6-12(18)10-11/h1,4-8,10H,9H2,2H3,(H,19,20)/b8-7+. The quantitative estimate of drug-likeness (QED) is 0.701. The highest BCUT2D eigenvalue weighted by Crippen LogP contribution is 2.14. The molecule has 0 saturated carbocycles. The second-order valence-electron chi connectivity index (χ2n) is 5.15. The summed E-state index contributed by atoms with van der Waals surface area (Å²) in [5, 5.41) is 0. The van der Waals surface area contributed by atoms with Gasteiger partial charge in [-0.15, -0.1) is 6.42 Å². The summed E-state index contributed by atoms with van der Waals surface area (Å²) in [6, 6.07) is 7.75. The summed E-state index contributed by atoms with van der Waals surface area (Å²) in [4.78, 5) is 31.8. The van der Waals surface area contributed by atoms with Gasteiger partial charge in [0.2, 0.25) is 0 Å². The van der Waals surface area contributed by atoms with E-state index < -0.39 is 11.2 Å². The van der Waals surface area contributed by atoms with Crippen LogP contribution in [0.2, 0.25) is 0 Å². The zero-order valence-electron chi connectivity index (χ0n) is 12.8. The fourth-order valence-electron chi connectivity index (χ4n) is 2.36. The average Bonchev–Trinajstić information content (AvgIpc) is 3.00. The van der Waals surface area contributed by atoms with Crippen LogP contribution in [0.3, 0.4) is 0 Å². The van der Waals surface area contributed by atoms with Crippen molar-refractivity contribution in [2.75, 3.05) is 0 Å². The minimum atomic E-state index is -0.487. The van der Waals surface area contributed by atoms with E-state index in [1.807, 2.05) is 30.3 Å². The van der Waals surface area contributed by atoms with E-state index in [0.717, 1.165) is 14.6 Å². The van der Waals surface area contributed by atoms with Crippen molar-refractivity contribution in [2.24, 2.45) is 7.05 Å². The number of nitrogens with one attached hydrogen (secondary N) is 1. The third-order valence-corrected chi connectivity index (χ3v) is 4.02. The number of aryl methyl sites for hydroxylation is 1. The number of nitrogens with zero attached hydrogens (tertiary/aromatic N) is 3. The Balaban J connectivity index is 2.11. The molecule has 2 aromatic heterocycles. The Bertz CT molecular complexity index is 1110. The highest BCUT2D eigenvalue weighted by Gasteiger charge is 2.13. The molecule has 3 aromatic rings. The summed E-state index contributed by atoms with van der Waals surface area (Å²) in [7, 11) is 1.56. The summed E-state index contributed by atoms with van der Waals surface area (Å²) >= 11 is 3.41. The van der Waals surface area contributed by atoms with Gasteiger partial charge in [0.25, 0.3) is 5.56 Å². The van der Waals surface area contributed by atoms with Crippen LogP contribution >= 0.6 is 15.9 Å². The summed E-state index contributed by atoms with van der Waals surface area (Å²) in [5.74, 6) is 2.80. The van der Waals surface area contributed by atoms with E-state index >= 15 is 0 Å². The van der Waals surface area contributed by atoms with Gasteiger partial charge in [0.05, 0.1) is 6.54 Å². The van der Waals surface area contributed by atoms with Crippen LogP contribution in [0.4, 0.5) is 0 Å². The molecule has 0 unspecified atom stereocenters. The van der Waals surface area contributed by atoms with Crippen molar-refractivity contribution in [1.29, 1.82) is 0 Å². The largest absolute Gasteiger partial charge is 0.333 e. The number of aromatic nitrogens is 4. The van der Waals surface area contributed by atoms with E-state index in [1.165, 1.54) is 4.57 Å². The normalized spacial score (nSPS) is 11.2. The maximum atomic E-state index is 12.4. The Kier molecular flexibility index (Phi) is 4.23. The fraction of sp³-hybridized carbons (Fsp3) is 0.118. The Morgan fingerprint density at radius 3 is 2.88 bits per heavy atom. The van der Waals surface area contributed by atoms with E-state index in [9.17, 15) is 9.59 Å². The molecule has 1 aromatic carbocycles. The van der Waals surface area contributed by atoms with Gasteiger partial charge in [0.15, 0.2) is 5.65 Å². The number of imidazole rings is 1. The van der Waals surface area contributed by atoms with Crippen LogP contribution in [-0.4, -0.2) is 19.1 Å². The Labute approximate surface area is 145 Å². The maximum Gasteiger partial charge on any atom is 0.333 e. The third-order valence-electron chi connectivity index (χ3n) is 3.53. The summed E-state index contributed by atoms with van der Waals surface area (Å²) < 4.78 is 3.28. The van der Waals surface area contributed by atoms with Gasteiger partial charge < -0.3 is 4.98 Å². The van der Waals surface area contributed by atoms with Crippen molar-refractivity contribution >= 4 is 39.2 Å². The predicted molar refractivity (Wildman–Crippen MR) is 97.5 cm³/mol. The van der Waals surface area contributed by atoms with Crippen LogP contribution in [0.25, 0.3) is 23.3 Å². The highest BCUT2D eigenvalue weighted by molar-refractivity contribution is 9.10. The Morgan fingerprint density at radius 2 is 2.17 bits per heavy atom. The summed E-state index contributed by atoms with van der Waals surface area (Å²) in [6.45, 7) is -0.0797. The van der Waals surface area contributed by atoms with Crippen molar-refractivity contribution in [1.82, 2.24) is 19.1 Å². The molecule has 6 nitrogen and oxygen atoms in total. The molecule has 0 spiro atoms. The second kappa shape index (κ2) is 6.34. The van der Waals surface area contributed by atoms with Gasteiger partial charge in [-0.05, 0) is 23.8 Å². The summed E-state index contributed by atoms with van der Waals surface area (Å²) in [6.07, 6.45) is 8.83. The average molecular weight is 385 g/mol. The van der Waals surface area contributed by atoms with Gasteiger partial charge in [0.1, 0.15) is 11.3 Å². The zero-order chi connectivity index (χ0) is 17.3. The van der Waals surface area contributed by atoms with Gasteiger partial charge in [-0.2, -0.15) is 0 Å². The fourth-order valence-corrected chi connectivity index (χ4v) is 2.78. The first-order valence-electron chi connectivity index (χ1n) is 7.08. The van der Waals surface area contributed by atoms with Crippen molar-refractivity contribution in [2.45, 2.75) is 6.54 Å². The van der Waals surface area contributed by atoms with Crippen LogP contribution < -0.4 is 11.2 Å². The molecule has 0 fully saturated rings. The zero-order valence-corrected chi connectivity index (χ0v) is 14.4. The number of hydrogen-bond acceptors (Lipinski definition) is 3. The molecule has 0 atom stereocenters. The van der Waals surface area contributed by atoms with Gasteiger partial charge in [-0.25, -0.2) is 14.3 Å². The first-order valence-corrected chi connectivity index (χ1v) is 7.87. The van der Waals surface area contributed by atoms with Gasteiger partial charge in [-0.1, -0.05) is 40.1 Å². The number of fused-ring (bicyclic) bond motifs is 1. The smallest absolute Gasteiger partial charge is 0.333 e. The second-order valence-corrected chi connectivity index (χ2v) is 6.06. The number of terminal acetylenes is 1. The van der Waals surface area contributed by atoms with Crippen LogP contribution in [0.1, 0.15) is 11.4 Å². The lowest BCUT2D eigenvalue weighted by Crippen LogP contribution is -2.38. The van der Waals surface area contributed by atoms with Gasteiger partial charge in [0, 0.05) is 11.5 Å². The lowest BCUT2D eigenvalue weighted by atomic mass is 10.2. The minimum absolute atomic E-state index is 0.0797. The molecule has 0 amide bonds. The van der Waals surface area contributed by atoms with Crippen LogP contribution in [0.15, 0.2) is 38.3 Å². The molecule has 0 aliphatic rings. The summed E-state index contributed by atoms with van der Waals surface area (Å²) in [5.41, 5.74) is 0.567. The molecule has 7 heteroatoms. The topological polar surface area (TPSA) is 72.7 Å². The van der Waals surface area contributed by atoms with Gasteiger partial charge in [-0.3, -0.25) is 9.36 Å². The van der Waals surface area contributed by atoms with E-state index in [4.69, 9.17) is 6.42 Å². The molecule has 1 N–H and O–H groups in total. The lowest BCUT2D eigenvalue weighted by Gasteiger charge is -2.03. The number of aromatic amines is 1. The predicted octanol–water partition coefficient (Wildman–Crippen LogP) is 1.99. The lowest BCUT2D eigenvalue weighted by molar-refractivity contribution is 0.676. The number of halogens is 1. The van der Waals surface area contributed by atoms with Gasteiger partial charge >= 0.3 is 5.69 Å². The van der Waals surface area contributed by atoms with Crippen molar-refractivity contribution in [3.8, 4) is 12.3 Å². The number of benzene rings is 1. The first-order chi connectivity index (χ1) is 11.5. The molecule has 120 valence electrons. The molecule has 0 bridgehead atoms. The van der Waals surface area contributed by atoms with E-state index in [2.05, 4.69) is 31.8 Å². The molecule has 0 aliphatic carbocycles.